The monoisotopic (exact) mass is 309 g/mol. The summed E-state index contributed by atoms with van der Waals surface area (Å²) >= 11 is 0. The van der Waals surface area contributed by atoms with Crippen LogP contribution in [0.4, 0.5) is 0 Å². The molecule has 1 N–H and O–H groups in total. The molecule has 0 aliphatic rings. The number of amides is 1. The van der Waals surface area contributed by atoms with Crippen molar-refractivity contribution in [2.45, 2.75) is 104 Å². The second kappa shape index (κ2) is 18.3. The Balaban J connectivity index is 3.11. The average molecular weight is 310 g/mol. The number of allylic oxidation sites excluding steroid dienone is 1. The summed E-state index contributed by atoms with van der Waals surface area (Å²) < 4.78 is 0. The van der Waals surface area contributed by atoms with Gasteiger partial charge in [-0.25, -0.2) is 0 Å². The zero-order chi connectivity index (χ0) is 16.3. The third-order valence-corrected chi connectivity index (χ3v) is 4.07. The van der Waals surface area contributed by atoms with E-state index in [0.29, 0.717) is 6.42 Å². The first-order valence-corrected chi connectivity index (χ1v) is 9.73. The van der Waals surface area contributed by atoms with Crippen LogP contribution in [0, 0.1) is 0 Å². The van der Waals surface area contributed by atoms with E-state index in [-0.39, 0.29) is 5.91 Å². The lowest BCUT2D eigenvalue weighted by Crippen LogP contribution is -2.21. The van der Waals surface area contributed by atoms with Gasteiger partial charge in [0.25, 0.3) is 0 Å². The van der Waals surface area contributed by atoms with Gasteiger partial charge in [-0.1, -0.05) is 89.7 Å². The maximum absolute atomic E-state index is 11.2. The Bertz CT molecular complexity index is 260. The minimum atomic E-state index is 0.133. The van der Waals surface area contributed by atoms with Gasteiger partial charge < -0.3 is 5.32 Å². The Kier molecular flexibility index (Phi) is 17.6. The average Bonchev–Trinajstić information content (AvgIpc) is 2.51. The van der Waals surface area contributed by atoms with E-state index in [9.17, 15) is 4.79 Å². The molecule has 130 valence electrons. The van der Waals surface area contributed by atoms with Crippen LogP contribution in [0.15, 0.2) is 12.2 Å². The van der Waals surface area contributed by atoms with E-state index in [4.69, 9.17) is 0 Å². The summed E-state index contributed by atoms with van der Waals surface area (Å²) in [5.41, 5.74) is 0. The number of hydrogen-bond acceptors (Lipinski definition) is 1. The van der Waals surface area contributed by atoms with Crippen molar-refractivity contribution in [2.75, 3.05) is 6.54 Å². The Hall–Kier alpha value is -0.790. The predicted octanol–water partition coefficient (Wildman–Crippen LogP) is 6.16. The number of unbranched alkanes of at least 4 members (excludes halogenated alkanes) is 12. The minimum absolute atomic E-state index is 0.133. The molecule has 0 aromatic rings. The number of carbonyl (C=O) groups is 1. The van der Waals surface area contributed by atoms with Crippen LogP contribution in [0.2, 0.25) is 0 Å². The van der Waals surface area contributed by atoms with Crippen molar-refractivity contribution in [2.24, 2.45) is 0 Å². The molecule has 0 bridgehead atoms. The summed E-state index contributed by atoms with van der Waals surface area (Å²) in [5, 5.41) is 2.80. The van der Waals surface area contributed by atoms with Crippen molar-refractivity contribution < 1.29 is 4.79 Å². The van der Waals surface area contributed by atoms with E-state index in [1.165, 1.54) is 77.0 Å². The molecule has 0 rings (SSSR count). The van der Waals surface area contributed by atoms with Crippen LogP contribution < -0.4 is 5.32 Å². The second-order valence-electron chi connectivity index (χ2n) is 6.31. The zero-order valence-corrected chi connectivity index (χ0v) is 15.2. The fraction of sp³-hybridized carbons (Fsp3) is 0.850. The van der Waals surface area contributed by atoms with E-state index in [1.54, 1.807) is 0 Å². The molecule has 2 heteroatoms. The Morgan fingerprint density at radius 2 is 1.23 bits per heavy atom. The van der Waals surface area contributed by atoms with E-state index >= 15 is 0 Å². The molecule has 2 nitrogen and oxygen atoms in total. The molecule has 0 heterocycles. The molecule has 0 aliphatic heterocycles. The van der Waals surface area contributed by atoms with Crippen molar-refractivity contribution in [1.29, 1.82) is 0 Å². The molecule has 22 heavy (non-hydrogen) atoms. The van der Waals surface area contributed by atoms with Gasteiger partial charge in [0.05, 0.1) is 0 Å². The molecule has 0 aromatic carbocycles. The fourth-order valence-corrected chi connectivity index (χ4v) is 2.68. The van der Waals surface area contributed by atoms with Crippen molar-refractivity contribution in [3.05, 3.63) is 12.2 Å². The van der Waals surface area contributed by atoms with Gasteiger partial charge in [0, 0.05) is 13.0 Å². The summed E-state index contributed by atoms with van der Waals surface area (Å²) in [6, 6.07) is 0. The van der Waals surface area contributed by atoms with E-state index in [0.717, 1.165) is 13.0 Å². The van der Waals surface area contributed by atoms with Crippen molar-refractivity contribution >= 4 is 5.91 Å². The molecule has 0 aromatic heterocycles. The molecular formula is C20H39NO. The number of rotatable bonds is 16. The normalized spacial score (nSPS) is 11.2. The molecule has 0 saturated carbocycles. The van der Waals surface area contributed by atoms with Gasteiger partial charge >= 0.3 is 0 Å². The van der Waals surface area contributed by atoms with Crippen molar-refractivity contribution in [3.63, 3.8) is 0 Å². The zero-order valence-electron chi connectivity index (χ0n) is 15.2. The molecule has 0 saturated heterocycles. The first kappa shape index (κ1) is 21.2. The lowest BCUT2D eigenvalue weighted by Gasteiger charge is -2.02. The van der Waals surface area contributed by atoms with E-state index in [1.807, 2.05) is 13.0 Å². The van der Waals surface area contributed by atoms with Gasteiger partial charge in [0.1, 0.15) is 0 Å². The number of hydrogen-bond donors (Lipinski definition) is 1. The highest BCUT2D eigenvalue weighted by molar-refractivity contribution is 5.77. The van der Waals surface area contributed by atoms with Crippen LogP contribution in [-0.4, -0.2) is 12.5 Å². The molecule has 0 fully saturated rings. The highest BCUT2D eigenvalue weighted by Crippen LogP contribution is 2.12. The van der Waals surface area contributed by atoms with Gasteiger partial charge in [-0.05, 0) is 19.8 Å². The highest BCUT2D eigenvalue weighted by Gasteiger charge is 1.94. The quantitative estimate of drug-likeness (QED) is 0.268. The maximum atomic E-state index is 11.2. The first-order chi connectivity index (χ1) is 10.8. The van der Waals surface area contributed by atoms with Gasteiger partial charge in [-0.2, -0.15) is 0 Å². The summed E-state index contributed by atoms with van der Waals surface area (Å²) in [5.74, 6) is 0.133. The SMILES string of the molecule is CCCCCCCCCCCCCC/C=C\CC(=O)NCC. The topological polar surface area (TPSA) is 29.1 Å². The minimum Gasteiger partial charge on any atom is -0.356 e. The van der Waals surface area contributed by atoms with Crippen molar-refractivity contribution in [1.82, 2.24) is 5.32 Å². The van der Waals surface area contributed by atoms with Gasteiger partial charge in [-0.3, -0.25) is 4.79 Å². The first-order valence-electron chi connectivity index (χ1n) is 9.73. The van der Waals surface area contributed by atoms with Crippen LogP contribution in [0.25, 0.3) is 0 Å². The van der Waals surface area contributed by atoms with E-state index in [2.05, 4.69) is 18.3 Å². The van der Waals surface area contributed by atoms with E-state index < -0.39 is 0 Å². The van der Waals surface area contributed by atoms with Gasteiger partial charge in [0.15, 0.2) is 0 Å². The highest BCUT2D eigenvalue weighted by atomic mass is 16.1. The fourth-order valence-electron chi connectivity index (χ4n) is 2.68. The summed E-state index contributed by atoms with van der Waals surface area (Å²) in [6.07, 6.45) is 22.6. The smallest absolute Gasteiger partial charge is 0.223 e. The lowest BCUT2D eigenvalue weighted by molar-refractivity contribution is -0.120. The molecule has 0 atom stereocenters. The van der Waals surface area contributed by atoms with Crippen LogP contribution in [0.1, 0.15) is 104 Å². The largest absolute Gasteiger partial charge is 0.356 e. The van der Waals surface area contributed by atoms with Gasteiger partial charge in [-0.15, -0.1) is 0 Å². The Labute approximate surface area is 139 Å². The Morgan fingerprint density at radius 3 is 1.73 bits per heavy atom. The van der Waals surface area contributed by atoms with Gasteiger partial charge in [0.2, 0.25) is 5.91 Å². The molecule has 0 spiro atoms. The summed E-state index contributed by atoms with van der Waals surface area (Å²) in [7, 11) is 0. The van der Waals surface area contributed by atoms with Crippen molar-refractivity contribution in [3.8, 4) is 0 Å². The van der Waals surface area contributed by atoms with Crippen LogP contribution in [0.3, 0.4) is 0 Å². The number of nitrogens with one attached hydrogen (secondary N) is 1. The molecule has 1 amide bonds. The summed E-state index contributed by atoms with van der Waals surface area (Å²) in [6.45, 7) is 4.96. The lowest BCUT2D eigenvalue weighted by atomic mass is 10.0. The second-order valence-corrected chi connectivity index (χ2v) is 6.31. The molecule has 0 aliphatic carbocycles. The standard InChI is InChI=1S/C20H39NO/c1-3-5-6-7-8-9-10-11-12-13-14-15-16-17-18-19-20(22)21-4-2/h17-18H,3-16,19H2,1-2H3,(H,21,22)/b18-17-. The third kappa shape index (κ3) is 17.3. The third-order valence-electron chi connectivity index (χ3n) is 4.07. The number of carbonyl (C=O) groups excluding carboxylic acids is 1. The van der Waals surface area contributed by atoms with Crippen LogP contribution in [0.5, 0.6) is 0 Å². The Morgan fingerprint density at radius 1 is 0.727 bits per heavy atom. The van der Waals surface area contributed by atoms with Crippen LogP contribution >= 0.6 is 0 Å². The molecule has 0 radical (unpaired) electrons. The molecular weight excluding hydrogens is 270 g/mol. The maximum Gasteiger partial charge on any atom is 0.223 e. The molecule has 0 unspecified atom stereocenters. The predicted molar refractivity (Wildman–Crippen MR) is 98.1 cm³/mol. The summed E-state index contributed by atoms with van der Waals surface area (Å²) in [4.78, 5) is 11.2. The van der Waals surface area contributed by atoms with Crippen LogP contribution in [-0.2, 0) is 4.79 Å².